The Morgan fingerprint density at radius 2 is 0.627 bits per heavy atom. The minimum absolute atomic E-state index is 0.0948. The van der Waals surface area contributed by atoms with E-state index in [1.54, 1.807) is 75.0 Å². The zero-order valence-electron chi connectivity index (χ0n) is 38.6. The molecule has 0 bridgehead atoms. The Morgan fingerprint density at radius 3 is 0.880 bits per heavy atom. The molecule has 0 aliphatic rings. The third kappa shape index (κ3) is 21.8. The minimum atomic E-state index is -4.51. The predicted octanol–water partition coefficient (Wildman–Crippen LogP) is 5.17. The van der Waals surface area contributed by atoms with Gasteiger partial charge in [0.15, 0.2) is 0 Å². The molecule has 0 unspecified atom stereocenters. The van der Waals surface area contributed by atoms with E-state index >= 15 is 0 Å². The maximum atomic E-state index is 12.1. The summed E-state index contributed by atoms with van der Waals surface area (Å²) in [6, 6.07) is 44.2. The second-order valence-electron chi connectivity index (χ2n) is 14.8. The van der Waals surface area contributed by atoms with Crippen LogP contribution in [0.5, 0.6) is 0 Å². The normalized spacial score (nSPS) is 12.1. The van der Waals surface area contributed by atoms with E-state index in [1.807, 2.05) is 13.8 Å². The molecule has 0 aliphatic heterocycles. The Balaban J connectivity index is 0.000000258. The van der Waals surface area contributed by atoms with Crippen LogP contribution in [0.15, 0.2) is 227 Å². The van der Waals surface area contributed by atoms with Gasteiger partial charge in [-0.1, -0.05) is 106 Å². The lowest BCUT2D eigenvalue weighted by molar-refractivity contribution is 0.387. The number of benzene rings is 7. The first-order valence-corrected chi connectivity index (χ1v) is 34.0. The average Bonchev–Trinajstić information content (AvgIpc) is 3.32. The Hall–Kier alpha value is -5.05. The summed E-state index contributed by atoms with van der Waals surface area (Å²) in [5, 5.41) is 9.37. The Morgan fingerprint density at radius 1 is 0.387 bits per heavy atom. The van der Waals surface area contributed by atoms with Gasteiger partial charge in [0.1, 0.15) is 0 Å². The van der Waals surface area contributed by atoms with Crippen molar-refractivity contribution >= 4 is 109 Å². The van der Waals surface area contributed by atoms with E-state index in [2.05, 4.69) is 15.9 Å². The summed E-state index contributed by atoms with van der Waals surface area (Å²) < 4.78 is 176. The molecule has 7 aromatic rings. The second kappa shape index (κ2) is 26.8. The first-order chi connectivity index (χ1) is 34.4. The SMILES string of the molecule is Cc1ccc(S(=O)(=O)NS(=O)(=O)c2ccccc2)cc1.Cc1ccc(S(N)(=O)=O)cc1.NS(=O)(=O)c1ccc(Br)cc1.O=P(O)(O)c1ccc(S(=O)(=O)NS(=O)(=O)c2ccccc2)cc1.O=S(=O)(Cl)c1ccccc1. The number of sulfonamides is 6. The number of nitrogens with two attached hydrogens (primary N) is 2. The minimum Gasteiger partial charge on any atom is -0.321 e. The van der Waals surface area contributed by atoms with Crippen LogP contribution >= 0.6 is 34.2 Å². The fourth-order valence-corrected chi connectivity index (χ4v) is 13.6. The number of primary sulfonamides is 2. The lowest BCUT2D eigenvalue weighted by atomic mass is 10.2. The maximum absolute atomic E-state index is 12.1. The van der Waals surface area contributed by atoms with Gasteiger partial charge in [0.25, 0.3) is 49.1 Å². The van der Waals surface area contributed by atoms with Gasteiger partial charge in [-0.05, 0) is 123 Å². The first kappa shape index (κ1) is 64.2. The van der Waals surface area contributed by atoms with Crippen LogP contribution in [0.25, 0.3) is 0 Å². The molecule has 0 radical (unpaired) electrons. The molecular formula is C44H45BrClN4O17PS7. The van der Waals surface area contributed by atoms with E-state index in [-0.39, 0.29) is 34.7 Å². The van der Waals surface area contributed by atoms with Gasteiger partial charge in [0.05, 0.1) is 39.6 Å². The highest BCUT2D eigenvalue weighted by Gasteiger charge is 2.26. The van der Waals surface area contributed by atoms with Crippen LogP contribution in [0, 0.1) is 13.8 Å². The van der Waals surface area contributed by atoms with Crippen LogP contribution in [-0.4, -0.2) is 68.7 Å². The first-order valence-electron chi connectivity index (χ1n) is 20.2. The molecule has 0 saturated carbocycles. The van der Waals surface area contributed by atoms with E-state index in [1.165, 1.54) is 97.1 Å². The molecule has 21 nitrogen and oxygen atoms in total. The third-order valence-electron chi connectivity index (χ3n) is 8.88. The van der Waals surface area contributed by atoms with Crippen molar-refractivity contribution in [3.8, 4) is 0 Å². The third-order valence-corrected chi connectivity index (χ3v) is 20.7. The van der Waals surface area contributed by atoms with E-state index in [4.69, 9.17) is 30.7 Å². The fraction of sp³-hybridized carbons (Fsp3) is 0.0455. The molecule has 0 heterocycles. The van der Waals surface area contributed by atoms with E-state index < -0.39 is 81.7 Å². The van der Waals surface area contributed by atoms with Gasteiger partial charge in [0, 0.05) is 15.2 Å². The molecule has 8 N–H and O–H groups in total. The van der Waals surface area contributed by atoms with Crippen molar-refractivity contribution in [3.05, 3.63) is 204 Å². The molecule has 404 valence electrons. The maximum Gasteiger partial charge on any atom is 0.356 e. The number of hydrogen-bond acceptors (Lipinski definition) is 15. The molecule has 75 heavy (non-hydrogen) atoms. The highest BCUT2D eigenvalue weighted by Crippen LogP contribution is 2.33. The zero-order valence-corrected chi connectivity index (χ0v) is 47.6. The molecule has 0 aliphatic carbocycles. The summed E-state index contributed by atoms with van der Waals surface area (Å²) in [6.07, 6.45) is 0. The predicted molar refractivity (Wildman–Crippen MR) is 285 cm³/mol. The van der Waals surface area contributed by atoms with Crippen LogP contribution in [0.3, 0.4) is 0 Å². The summed E-state index contributed by atoms with van der Waals surface area (Å²) in [5.74, 6) is 0. The van der Waals surface area contributed by atoms with Crippen molar-refractivity contribution in [1.29, 1.82) is 0 Å². The smallest absolute Gasteiger partial charge is 0.321 e. The largest absolute Gasteiger partial charge is 0.356 e. The van der Waals surface area contributed by atoms with Gasteiger partial charge in [0.2, 0.25) is 20.0 Å². The quantitative estimate of drug-likeness (QED) is 0.0678. The fourth-order valence-electron chi connectivity index (χ4n) is 5.15. The lowest BCUT2D eigenvalue weighted by Gasteiger charge is -2.09. The van der Waals surface area contributed by atoms with Crippen molar-refractivity contribution in [2.75, 3.05) is 0 Å². The molecule has 0 spiro atoms. The number of nitrogens with one attached hydrogen (secondary N) is 2. The van der Waals surface area contributed by atoms with Gasteiger partial charge < -0.3 is 9.79 Å². The van der Waals surface area contributed by atoms with Crippen molar-refractivity contribution < 1.29 is 73.3 Å². The van der Waals surface area contributed by atoms with Gasteiger partial charge >= 0.3 is 7.60 Å². The summed E-state index contributed by atoms with van der Waals surface area (Å²) >= 11 is 3.18. The van der Waals surface area contributed by atoms with Crippen LogP contribution in [0.4, 0.5) is 0 Å². The van der Waals surface area contributed by atoms with Gasteiger partial charge in [-0.25, -0.2) is 69.2 Å². The Bertz CT molecular complexity index is 3820. The second-order valence-corrected chi connectivity index (χ2v) is 30.2. The summed E-state index contributed by atoms with van der Waals surface area (Å²) in [5.41, 5.74) is 1.90. The average molecular weight is 1270 g/mol. The van der Waals surface area contributed by atoms with Crippen molar-refractivity contribution in [1.82, 2.24) is 8.25 Å². The van der Waals surface area contributed by atoms with E-state index in [9.17, 15) is 63.5 Å². The number of halogens is 2. The Labute approximate surface area is 448 Å². The molecular weight excluding hydrogens is 1230 g/mol. The molecule has 0 saturated heterocycles. The monoisotopic (exact) mass is 1270 g/mol. The highest BCUT2D eigenvalue weighted by molar-refractivity contribution is 9.10. The Kier molecular flexibility index (Phi) is 23.0. The molecule has 7 rings (SSSR count). The number of rotatable bonds is 12. The van der Waals surface area contributed by atoms with Crippen LogP contribution in [0.2, 0.25) is 0 Å². The summed E-state index contributed by atoms with van der Waals surface area (Å²) in [6.45, 7) is 3.69. The summed E-state index contributed by atoms with van der Waals surface area (Å²) in [7, 11) is -27.0. The number of hydrogen-bond donors (Lipinski definition) is 6. The van der Waals surface area contributed by atoms with Gasteiger partial charge in [-0.15, -0.1) is 8.25 Å². The van der Waals surface area contributed by atoms with E-state index in [0.717, 1.165) is 39.9 Å². The highest BCUT2D eigenvalue weighted by atomic mass is 79.9. The molecule has 0 atom stereocenters. The summed E-state index contributed by atoms with van der Waals surface area (Å²) in [4.78, 5) is 17.5. The van der Waals surface area contributed by atoms with E-state index in [0.29, 0.717) is 0 Å². The van der Waals surface area contributed by atoms with Crippen LogP contribution in [0.1, 0.15) is 11.1 Å². The number of aryl methyl sites for hydroxylation is 2. The van der Waals surface area contributed by atoms with Crippen molar-refractivity contribution in [2.45, 2.75) is 48.1 Å². The topological polar surface area (TPSA) is 373 Å². The van der Waals surface area contributed by atoms with Crippen molar-refractivity contribution in [2.24, 2.45) is 10.3 Å². The van der Waals surface area contributed by atoms with Gasteiger partial charge in [-0.3, -0.25) is 4.57 Å². The molecule has 0 amide bonds. The van der Waals surface area contributed by atoms with Crippen LogP contribution < -0.4 is 23.8 Å². The molecule has 7 aromatic carbocycles. The molecule has 0 fully saturated rings. The van der Waals surface area contributed by atoms with Crippen LogP contribution in [-0.2, 0) is 73.8 Å². The van der Waals surface area contributed by atoms with Gasteiger partial charge in [-0.2, -0.15) is 0 Å². The molecule has 31 heteroatoms. The van der Waals surface area contributed by atoms with Crippen molar-refractivity contribution in [3.63, 3.8) is 0 Å². The standard InChI is InChI=1S/C13H13NO4S2.C12H12NO7PS2.C7H9NO2S.C6H6BrNO2S.C6H5ClO2S/c1-11-7-9-13(10-8-11)20(17,18)14-19(15,16)12-5-3-2-4-6-12;14-21(15,16)10-6-8-12(9-7-10)23(19,20)13-22(17,18)11-4-2-1-3-5-11;1-6-2-4-7(5-3-6)11(8,9)10;7-5-1-3-6(4-2-5)11(8,9)10;7-10(8,9)6-4-2-1-3-5-6/h2-10,14H,1H3;1-9,13H,(H2,14,15,16);2-5H,1H3,(H2,8,9,10);1-4H,(H2,8,9,10);1-5H. The zero-order chi connectivity index (χ0) is 56.7. The molecule has 0 aromatic heterocycles. The lowest BCUT2D eigenvalue weighted by Crippen LogP contribution is -2.30.